The van der Waals surface area contributed by atoms with E-state index in [1.54, 1.807) is 48.3 Å². The Morgan fingerprint density at radius 3 is 2.54 bits per heavy atom. The molecule has 0 saturated heterocycles. The lowest BCUT2D eigenvalue weighted by Gasteiger charge is -2.13. The van der Waals surface area contributed by atoms with E-state index in [1.165, 1.54) is 31.0 Å². The molecule has 0 radical (unpaired) electrons. The lowest BCUT2D eigenvalue weighted by Crippen LogP contribution is -2.13. The van der Waals surface area contributed by atoms with E-state index in [0.717, 1.165) is 0 Å². The summed E-state index contributed by atoms with van der Waals surface area (Å²) in [6.45, 7) is 0. The van der Waals surface area contributed by atoms with Crippen molar-refractivity contribution in [1.29, 1.82) is 0 Å². The van der Waals surface area contributed by atoms with Gasteiger partial charge in [-0.1, -0.05) is 11.6 Å². The molecule has 0 fully saturated rings. The van der Waals surface area contributed by atoms with Crippen molar-refractivity contribution in [2.45, 2.75) is 14.9 Å². The Kier molecular flexibility index (Phi) is 5.40. The average Bonchev–Trinajstić information content (AvgIpc) is 3.02. The van der Waals surface area contributed by atoms with Gasteiger partial charge in [0.05, 0.1) is 17.7 Å². The molecule has 0 aliphatic heterocycles. The molecule has 0 atom stereocenters. The average molecular weight is 411 g/mol. The zero-order valence-corrected chi connectivity index (χ0v) is 16.3. The van der Waals surface area contributed by atoms with E-state index in [-0.39, 0.29) is 4.90 Å². The molecule has 10 heteroatoms. The fraction of sp³-hybridized carbons (Fsp3) is 0.125. The van der Waals surface area contributed by atoms with E-state index >= 15 is 0 Å². The maximum atomic E-state index is 12.7. The van der Waals surface area contributed by atoms with Crippen molar-refractivity contribution < 1.29 is 13.2 Å². The molecule has 0 aliphatic rings. The van der Waals surface area contributed by atoms with Crippen LogP contribution in [0.2, 0.25) is 5.02 Å². The van der Waals surface area contributed by atoms with Crippen molar-refractivity contribution in [3.63, 3.8) is 0 Å². The maximum absolute atomic E-state index is 12.7. The number of anilines is 1. The monoisotopic (exact) mass is 410 g/mol. The van der Waals surface area contributed by atoms with Crippen LogP contribution >= 0.6 is 23.4 Å². The third kappa shape index (κ3) is 4.12. The van der Waals surface area contributed by atoms with Gasteiger partial charge in [0.15, 0.2) is 5.16 Å². The number of aromatic nitrogens is 3. The van der Waals surface area contributed by atoms with E-state index in [4.69, 9.17) is 16.3 Å². The van der Waals surface area contributed by atoms with Crippen molar-refractivity contribution in [3.05, 3.63) is 53.8 Å². The zero-order valence-electron chi connectivity index (χ0n) is 13.9. The second kappa shape index (κ2) is 7.56. The fourth-order valence-electron chi connectivity index (χ4n) is 2.09. The first-order valence-electron chi connectivity index (χ1n) is 7.37. The van der Waals surface area contributed by atoms with Gasteiger partial charge in [-0.3, -0.25) is 4.72 Å². The van der Waals surface area contributed by atoms with Crippen LogP contribution in [-0.4, -0.2) is 30.3 Å². The van der Waals surface area contributed by atoms with Gasteiger partial charge in [-0.05, 0) is 54.2 Å². The van der Waals surface area contributed by atoms with Gasteiger partial charge in [-0.15, -0.1) is 10.2 Å². The SMILES string of the molecule is COc1ccc(S(=O)(=O)Nc2cc(Cl)ccc2Sc2nncn2C)cc1. The highest BCUT2D eigenvalue weighted by Crippen LogP contribution is 2.35. The second-order valence-corrected chi connectivity index (χ2v) is 8.38. The van der Waals surface area contributed by atoms with E-state index in [1.807, 2.05) is 0 Å². The van der Waals surface area contributed by atoms with E-state index < -0.39 is 10.0 Å². The molecule has 0 bridgehead atoms. The third-order valence-corrected chi connectivity index (χ3v) is 6.17. The molecule has 26 heavy (non-hydrogen) atoms. The van der Waals surface area contributed by atoms with E-state index in [9.17, 15) is 8.42 Å². The lowest BCUT2D eigenvalue weighted by molar-refractivity contribution is 0.414. The van der Waals surface area contributed by atoms with Crippen LogP contribution in [0, 0.1) is 0 Å². The van der Waals surface area contributed by atoms with Gasteiger partial charge in [0.25, 0.3) is 10.0 Å². The largest absolute Gasteiger partial charge is 0.497 e. The van der Waals surface area contributed by atoms with Gasteiger partial charge >= 0.3 is 0 Å². The molecular formula is C16H15ClN4O3S2. The number of aryl methyl sites for hydroxylation is 1. The van der Waals surface area contributed by atoms with Crippen molar-refractivity contribution in [2.24, 2.45) is 7.05 Å². The Morgan fingerprint density at radius 2 is 1.92 bits per heavy atom. The molecular weight excluding hydrogens is 396 g/mol. The van der Waals surface area contributed by atoms with Crippen LogP contribution in [0.25, 0.3) is 0 Å². The smallest absolute Gasteiger partial charge is 0.261 e. The summed E-state index contributed by atoms with van der Waals surface area (Å²) in [5.41, 5.74) is 0.362. The molecule has 3 aromatic rings. The summed E-state index contributed by atoms with van der Waals surface area (Å²) in [4.78, 5) is 0.774. The first-order chi connectivity index (χ1) is 12.4. The molecule has 0 aliphatic carbocycles. The minimum atomic E-state index is -3.79. The molecule has 0 spiro atoms. The fourth-order valence-corrected chi connectivity index (χ4v) is 4.23. The molecule has 1 N–H and O–H groups in total. The molecule has 3 rings (SSSR count). The summed E-state index contributed by atoms with van der Waals surface area (Å²) in [6.07, 6.45) is 1.57. The predicted molar refractivity (Wildman–Crippen MR) is 100 cm³/mol. The minimum Gasteiger partial charge on any atom is -0.497 e. The number of methoxy groups -OCH3 is 1. The van der Waals surface area contributed by atoms with Crippen molar-refractivity contribution >= 4 is 39.1 Å². The summed E-state index contributed by atoms with van der Waals surface area (Å²) in [5.74, 6) is 0.574. The number of halogens is 1. The highest BCUT2D eigenvalue weighted by Gasteiger charge is 2.18. The minimum absolute atomic E-state index is 0.118. The van der Waals surface area contributed by atoms with Crippen LogP contribution in [0.3, 0.4) is 0 Å². The van der Waals surface area contributed by atoms with Crippen LogP contribution in [0.1, 0.15) is 0 Å². The van der Waals surface area contributed by atoms with Crippen LogP contribution in [-0.2, 0) is 17.1 Å². The quantitative estimate of drug-likeness (QED) is 0.670. The van der Waals surface area contributed by atoms with Crippen molar-refractivity contribution in [2.75, 3.05) is 11.8 Å². The van der Waals surface area contributed by atoms with Gasteiger partial charge < -0.3 is 9.30 Å². The lowest BCUT2D eigenvalue weighted by atomic mass is 10.3. The van der Waals surface area contributed by atoms with Gasteiger partial charge in [0.2, 0.25) is 0 Å². The molecule has 0 unspecified atom stereocenters. The number of hydrogen-bond acceptors (Lipinski definition) is 6. The molecule has 0 amide bonds. The van der Waals surface area contributed by atoms with Crippen molar-refractivity contribution in [3.8, 4) is 5.75 Å². The number of rotatable bonds is 6. The second-order valence-electron chi connectivity index (χ2n) is 5.25. The van der Waals surface area contributed by atoms with Gasteiger partial charge in [0.1, 0.15) is 12.1 Å². The van der Waals surface area contributed by atoms with Gasteiger partial charge in [-0.2, -0.15) is 0 Å². The van der Waals surface area contributed by atoms with Gasteiger partial charge in [-0.25, -0.2) is 8.42 Å². The first kappa shape index (κ1) is 18.6. The van der Waals surface area contributed by atoms with Crippen LogP contribution in [0.4, 0.5) is 5.69 Å². The molecule has 1 aromatic heterocycles. The maximum Gasteiger partial charge on any atom is 0.261 e. The highest BCUT2D eigenvalue weighted by molar-refractivity contribution is 7.99. The Morgan fingerprint density at radius 1 is 1.19 bits per heavy atom. The summed E-state index contributed by atoms with van der Waals surface area (Å²) in [7, 11) is -0.464. The van der Waals surface area contributed by atoms with Crippen LogP contribution < -0.4 is 9.46 Å². The predicted octanol–water partition coefficient (Wildman–Crippen LogP) is 3.43. The number of hydrogen-bond donors (Lipinski definition) is 1. The Labute approximate surface area is 160 Å². The number of nitrogens with one attached hydrogen (secondary N) is 1. The third-order valence-electron chi connectivity index (χ3n) is 3.43. The Balaban J connectivity index is 1.92. The normalized spacial score (nSPS) is 11.3. The summed E-state index contributed by atoms with van der Waals surface area (Å²) < 4.78 is 34.8. The molecule has 136 valence electrons. The van der Waals surface area contributed by atoms with E-state index in [0.29, 0.717) is 26.5 Å². The summed E-state index contributed by atoms with van der Waals surface area (Å²) >= 11 is 7.33. The topological polar surface area (TPSA) is 86.1 Å². The number of sulfonamides is 1. The molecule has 2 aromatic carbocycles. The van der Waals surface area contributed by atoms with Crippen molar-refractivity contribution in [1.82, 2.24) is 14.8 Å². The van der Waals surface area contributed by atoms with Crippen LogP contribution in [0.15, 0.2) is 63.7 Å². The Hall–Kier alpha value is -2.23. The number of nitrogens with zero attached hydrogens (tertiary/aromatic N) is 3. The highest BCUT2D eigenvalue weighted by atomic mass is 35.5. The summed E-state index contributed by atoms with van der Waals surface area (Å²) in [6, 6.07) is 11.1. The standard InChI is InChI=1S/C16H15ClN4O3S2/c1-21-10-18-19-16(21)25-15-8-3-11(17)9-14(15)20-26(22,23)13-6-4-12(24-2)5-7-13/h3-10,20H,1-2H3. The van der Waals surface area contributed by atoms with E-state index in [2.05, 4.69) is 14.9 Å². The number of benzene rings is 2. The number of ether oxygens (including phenoxy) is 1. The van der Waals surface area contributed by atoms with Crippen LogP contribution in [0.5, 0.6) is 5.75 Å². The van der Waals surface area contributed by atoms with Gasteiger partial charge in [0, 0.05) is 17.0 Å². The molecule has 7 nitrogen and oxygen atoms in total. The summed E-state index contributed by atoms with van der Waals surface area (Å²) in [5, 5.41) is 8.86. The molecule has 1 heterocycles. The molecule has 0 saturated carbocycles. The first-order valence-corrected chi connectivity index (χ1v) is 10.0. The Bertz CT molecular complexity index is 1020. The zero-order chi connectivity index (χ0) is 18.7.